The van der Waals surface area contributed by atoms with Gasteiger partial charge in [-0.3, -0.25) is 9.80 Å². The highest BCUT2D eigenvalue weighted by molar-refractivity contribution is 5.25. The van der Waals surface area contributed by atoms with Crippen molar-refractivity contribution in [3.8, 4) is 0 Å². The standard InChI is InChI=1S/C46H74N2/c1-3-11-31(12-4-1)33-21-24-37(25-22-33)47-41-17-9-7-15-39(41)45-43(47)27-28-44-46(45)40-16-8-10-18-42(40)48(44)38-26-23-35-29-34(19-20-36(35)30-38)32-13-5-2-6-14-32/h27-28,31-46H,1-26,29-30H2. The highest BCUT2D eigenvalue weighted by Gasteiger charge is 2.62. The van der Waals surface area contributed by atoms with Crippen LogP contribution >= 0.6 is 0 Å². The van der Waals surface area contributed by atoms with Gasteiger partial charge < -0.3 is 0 Å². The summed E-state index contributed by atoms with van der Waals surface area (Å²) in [6.45, 7) is 0. The molecule has 0 N–H and O–H groups in total. The van der Waals surface area contributed by atoms with E-state index in [1.54, 1.807) is 83.5 Å². The fourth-order valence-electron chi connectivity index (χ4n) is 16.7. The highest BCUT2D eigenvalue weighted by atomic mass is 15.3. The molecule has 2 saturated heterocycles. The molecule has 0 radical (unpaired) electrons. The van der Waals surface area contributed by atoms with E-state index < -0.39 is 0 Å². The molecule has 7 saturated carbocycles. The van der Waals surface area contributed by atoms with Crippen molar-refractivity contribution in [2.24, 2.45) is 59.2 Å². The van der Waals surface area contributed by atoms with Gasteiger partial charge in [0.25, 0.3) is 0 Å². The lowest BCUT2D eigenvalue weighted by molar-refractivity contribution is 0.0159. The van der Waals surface area contributed by atoms with Crippen LogP contribution in [-0.4, -0.2) is 46.1 Å². The van der Waals surface area contributed by atoms with E-state index in [2.05, 4.69) is 22.0 Å². The van der Waals surface area contributed by atoms with Crippen molar-refractivity contribution in [3.05, 3.63) is 12.2 Å². The molecule has 2 heteroatoms. The van der Waals surface area contributed by atoms with Gasteiger partial charge in [-0.1, -0.05) is 102 Å². The van der Waals surface area contributed by atoms with E-state index in [0.29, 0.717) is 0 Å². The Morgan fingerprint density at radius 2 is 0.708 bits per heavy atom. The molecule has 10 aliphatic rings. The third kappa shape index (κ3) is 5.68. The van der Waals surface area contributed by atoms with Gasteiger partial charge in [-0.15, -0.1) is 0 Å². The third-order valence-electron chi connectivity index (χ3n) is 18.6. The van der Waals surface area contributed by atoms with Crippen LogP contribution in [0.2, 0.25) is 0 Å². The average Bonchev–Trinajstić information content (AvgIpc) is 3.68. The van der Waals surface area contributed by atoms with Gasteiger partial charge in [0.2, 0.25) is 0 Å². The maximum Gasteiger partial charge on any atom is 0.0319 e. The summed E-state index contributed by atoms with van der Waals surface area (Å²) in [6, 6.07) is 5.19. The Labute approximate surface area is 296 Å². The van der Waals surface area contributed by atoms with Crippen LogP contribution in [0.1, 0.15) is 180 Å². The Morgan fingerprint density at radius 3 is 1.31 bits per heavy atom. The van der Waals surface area contributed by atoms with Gasteiger partial charge in [0, 0.05) is 36.3 Å². The molecule has 48 heavy (non-hydrogen) atoms. The van der Waals surface area contributed by atoms with Gasteiger partial charge in [-0.25, -0.2) is 0 Å². The molecule has 2 aliphatic heterocycles. The van der Waals surface area contributed by atoms with Crippen LogP contribution in [0.25, 0.3) is 0 Å². The van der Waals surface area contributed by atoms with Crippen molar-refractivity contribution in [1.82, 2.24) is 9.80 Å². The van der Waals surface area contributed by atoms with E-state index in [9.17, 15) is 0 Å². The summed E-state index contributed by atoms with van der Waals surface area (Å²) in [5.41, 5.74) is 0. The van der Waals surface area contributed by atoms with Crippen LogP contribution in [0.5, 0.6) is 0 Å². The predicted octanol–water partition coefficient (Wildman–Crippen LogP) is 11.6. The lowest BCUT2D eigenvalue weighted by Crippen LogP contribution is -2.52. The third-order valence-corrected chi connectivity index (χ3v) is 18.6. The Morgan fingerprint density at radius 1 is 0.312 bits per heavy atom. The normalized spacial score (nSPS) is 50.7. The molecule has 10 rings (SSSR count). The fourth-order valence-corrected chi connectivity index (χ4v) is 16.7. The minimum atomic E-state index is 0.781. The summed E-state index contributed by atoms with van der Waals surface area (Å²) in [7, 11) is 0. The largest absolute Gasteiger partial charge is 0.290 e. The summed E-state index contributed by atoms with van der Waals surface area (Å²) < 4.78 is 0. The number of fused-ring (bicyclic) bond motifs is 8. The molecule has 2 nitrogen and oxygen atoms in total. The number of hydrogen-bond acceptors (Lipinski definition) is 2. The molecule has 0 aromatic carbocycles. The van der Waals surface area contributed by atoms with Crippen LogP contribution < -0.4 is 0 Å². The molecule has 0 amide bonds. The first-order chi connectivity index (χ1) is 23.8. The van der Waals surface area contributed by atoms with Crippen LogP contribution in [0.15, 0.2) is 12.2 Å². The molecular formula is C46H74N2. The summed E-state index contributed by atoms with van der Waals surface area (Å²) >= 11 is 0. The lowest BCUT2D eigenvalue weighted by atomic mass is 9.62. The van der Waals surface area contributed by atoms with Crippen LogP contribution in [0, 0.1) is 59.2 Å². The smallest absolute Gasteiger partial charge is 0.0319 e. The molecule has 268 valence electrons. The zero-order chi connectivity index (χ0) is 31.6. The van der Waals surface area contributed by atoms with Crippen LogP contribution in [0.3, 0.4) is 0 Å². The van der Waals surface area contributed by atoms with E-state index in [1.807, 2.05) is 0 Å². The van der Waals surface area contributed by atoms with E-state index in [-0.39, 0.29) is 0 Å². The first-order valence-electron chi connectivity index (χ1n) is 23.0. The van der Waals surface area contributed by atoms with Crippen molar-refractivity contribution in [1.29, 1.82) is 0 Å². The van der Waals surface area contributed by atoms with Gasteiger partial charge in [-0.2, -0.15) is 0 Å². The molecule has 0 aromatic heterocycles. The molecular weight excluding hydrogens is 581 g/mol. The number of rotatable bonds is 4. The average molecular weight is 655 g/mol. The predicted molar refractivity (Wildman–Crippen MR) is 200 cm³/mol. The minimum Gasteiger partial charge on any atom is -0.290 e. The fraction of sp³-hybridized carbons (Fsp3) is 0.957. The van der Waals surface area contributed by atoms with Crippen molar-refractivity contribution in [3.63, 3.8) is 0 Å². The van der Waals surface area contributed by atoms with Crippen molar-refractivity contribution < 1.29 is 0 Å². The van der Waals surface area contributed by atoms with Crippen LogP contribution in [-0.2, 0) is 0 Å². The Bertz CT molecular complexity index is 1110. The summed E-state index contributed by atoms with van der Waals surface area (Å²) in [5.74, 6) is 10.4. The zero-order valence-corrected chi connectivity index (χ0v) is 31.1. The Balaban J connectivity index is 0.874. The second-order valence-electron chi connectivity index (χ2n) is 20.4. The summed E-state index contributed by atoms with van der Waals surface area (Å²) in [6.07, 6.45) is 49.1. The van der Waals surface area contributed by atoms with Crippen LogP contribution in [0.4, 0.5) is 0 Å². The Kier molecular flexibility index (Phi) is 9.36. The molecule has 8 aliphatic carbocycles. The van der Waals surface area contributed by atoms with Gasteiger partial charge in [0.1, 0.15) is 0 Å². The zero-order valence-electron chi connectivity index (χ0n) is 31.1. The topological polar surface area (TPSA) is 6.48 Å². The van der Waals surface area contributed by atoms with Gasteiger partial charge in [0.05, 0.1) is 0 Å². The quantitative estimate of drug-likeness (QED) is 0.278. The maximum absolute atomic E-state index is 3.32. The minimum absolute atomic E-state index is 0.781. The number of nitrogens with zero attached hydrogens (tertiary/aromatic N) is 2. The summed E-state index contributed by atoms with van der Waals surface area (Å²) in [5, 5.41) is 0. The highest BCUT2D eigenvalue weighted by Crippen LogP contribution is 2.60. The van der Waals surface area contributed by atoms with E-state index in [4.69, 9.17) is 0 Å². The Hall–Kier alpha value is -0.340. The molecule has 0 spiro atoms. The van der Waals surface area contributed by atoms with Crippen molar-refractivity contribution in [2.45, 2.75) is 216 Å². The maximum atomic E-state index is 3.32. The summed E-state index contributed by atoms with van der Waals surface area (Å²) in [4.78, 5) is 6.61. The monoisotopic (exact) mass is 655 g/mol. The van der Waals surface area contributed by atoms with Crippen molar-refractivity contribution >= 4 is 0 Å². The number of likely N-dealkylation sites (tertiary alicyclic amines) is 2. The van der Waals surface area contributed by atoms with E-state index in [0.717, 1.165) is 95.4 Å². The molecule has 12 unspecified atom stereocenters. The second-order valence-corrected chi connectivity index (χ2v) is 20.4. The lowest BCUT2D eigenvalue weighted by Gasteiger charge is -2.49. The van der Waals surface area contributed by atoms with Gasteiger partial charge >= 0.3 is 0 Å². The first-order valence-corrected chi connectivity index (χ1v) is 23.0. The molecule has 12 atom stereocenters. The van der Waals surface area contributed by atoms with Gasteiger partial charge in [-0.05, 0) is 149 Å². The molecule has 0 aromatic rings. The molecule has 2 heterocycles. The SMILES string of the molecule is C1=CC2C(C3CCCCC3N2C2CCC3CC(C4CCCCC4)CCC3C2)C2C3CCCCC3N(C3CCC(C4CCCCC4)CC3)C12. The van der Waals surface area contributed by atoms with Crippen molar-refractivity contribution in [2.75, 3.05) is 0 Å². The van der Waals surface area contributed by atoms with E-state index >= 15 is 0 Å². The first kappa shape index (κ1) is 32.3. The molecule has 0 bridgehead atoms. The second kappa shape index (κ2) is 13.9. The van der Waals surface area contributed by atoms with E-state index in [1.165, 1.54) is 96.3 Å². The molecule has 9 fully saturated rings. The number of hydrogen-bond donors (Lipinski definition) is 0. The van der Waals surface area contributed by atoms with Gasteiger partial charge in [0.15, 0.2) is 0 Å².